The number of nitrogens with zero attached hydrogens (tertiary/aromatic N) is 4. The predicted molar refractivity (Wildman–Crippen MR) is 174 cm³/mol. The van der Waals surface area contributed by atoms with Crippen LogP contribution in [0, 0.1) is 15.6 Å². The summed E-state index contributed by atoms with van der Waals surface area (Å²) in [7, 11) is -1.81. The van der Waals surface area contributed by atoms with Gasteiger partial charge in [0.1, 0.15) is 0 Å². The topological polar surface area (TPSA) is 70.9 Å². The van der Waals surface area contributed by atoms with Gasteiger partial charge in [-0.3, -0.25) is 17.6 Å². The molecule has 2 aromatic rings. The monoisotopic (exact) mass is 636 g/mol. The lowest BCUT2D eigenvalue weighted by molar-refractivity contribution is 0.267. The second-order valence-electron chi connectivity index (χ2n) is 11.9. The van der Waals surface area contributed by atoms with Gasteiger partial charge in [0.05, 0.1) is 10.1 Å². The van der Waals surface area contributed by atoms with E-state index in [9.17, 15) is 13.2 Å². The minimum absolute atomic E-state index is 0.0251. The van der Waals surface area contributed by atoms with Crippen LogP contribution in [-0.2, 0) is 47.8 Å². The first kappa shape index (κ1) is 34.6. The lowest BCUT2D eigenvalue weighted by Crippen LogP contribution is -2.30. The number of hydrogen-bond acceptors (Lipinski definition) is 6. The summed E-state index contributed by atoms with van der Waals surface area (Å²) in [5.41, 5.74) is -0.101. The summed E-state index contributed by atoms with van der Waals surface area (Å²) in [6.07, 6.45) is 8.03. The highest BCUT2D eigenvalue weighted by atomic mass is 32.2. The molecule has 7 nitrogen and oxygen atoms in total. The van der Waals surface area contributed by atoms with E-state index in [2.05, 4.69) is 64.4 Å². The Hall–Kier alpha value is -0.560. The Morgan fingerprint density at radius 1 is 0.744 bits per heavy atom. The van der Waals surface area contributed by atoms with Crippen molar-refractivity contribution in [3.05, 3.63) is 27.6 Å². The first-order chi connectivity index (χ1) is 18.2. The van der Waals surface area contributed by atoms with Crippen molar-refractivity contribution in [3.63, 3.8) is 0 Å². The molecule has 0 fully saturated rings. The van der Waals surface area contributed by atoms with Crippen molar-refractivity contribution in [3.8, 4) is 0 Å². The molecule has 0 aliphatic carbocycles. The molecule has 0 saturated carbocycles. The normalized spacial score (nSPS) is 14.2. The van der Waals surface area contributed by atoms with E-state index in [1.54, 1.807) is 15.3 Å². The highest BCUT2D eigenvalue weighted by Gasteiger charge is 2.23. The number of hydrogen-bond donors (Lipinski definition) is 2. The Kier molecular flexibility index (Phi) is 13.9. The summed E-state index contributed by atoms with van der Waals surface area (Å²) in [6.45, 7) is 15.6. The molecular weight excluding hydrogens is 589 g/mol. The zero-order chi connectivity index (χ0) is 29.4. The molecule has 0 amide bonds. The Morgan fingerprint density at radius 2 is 1.15 bits per heavy atom. The van der Waals surface area contributed by atoms with Gasteiger partial charge in [-0.05, 0) is 69.0 Å². The Labute approximate surface area is 255 Å². The van der Waals surface area contributed by atoms with Gasteiger partial charge in [0.15, 0.2) is 4.77 Å². The maximum atomic E-state index is 12.6. The average Bonchev–Trinajstić information content (AvgIpc) is 3.27. The highest BCUT2D eigenvalue weighted by Crippen LogP contribution is 2.28. The molecule has 0 radical (unpaired) electrons. The zero-order valence-electron chi connectivity index (χ0n) is 24.5. The molecule has 2 rings (SSSR count). The molecule has 0 saturated heterocycles. The Balaban J connectivity index is 1.66. The van der Waals surface area contributed by atoms with Crippen LogP contribution in [0.4, 0.5) is 0 Å². The van der Waals surface area contributed by atoms with E-state index >= 15 is 0 Å². The molecule has 2 atom stereocenters. The van der Waals surface area contributed by atoms with Crippen LogP contribution in [0.2, 0.25) is 0 Å². The lowest BCUT2D eigenvalue weighted by Gasteiger charge is -2.25. The smallest absolute Gasteiger partial charge is 0.323 e. The summed E-state index contributed by atoms with van der Waals surface area (Å²) in [5.74, 6) is 2.50. The predicted octanol–water partition coefficient (Wildman–Crippen LogP) is 5.80. The Morgan fingerprint density at radius 3 is 1.59 bits per heavy atom. The quantitative estimate of drug-likeness (QED) is 0.160. The van der Waals surface area contributed by atoms with E-state index in [1.807, 2.05) is 17.7 Å². The van der Waals surface area contributed by atoms with Gasteiger partial charge in [-0.2, -0.15) is 0 Å². The van der Waals surface area contributed by atoms with Crippen molar-refractivity contribution in [2.24, 2.45) is 10.8 Å². The van der Waals surface area contributed by atoms with Gasteiger partial charge in [-0.1, -0.05) is 27.7 Å². The second-order valence-corrected chi connectivity index (χ2v) is 16.5. The number of rotatable bonds is 18. The molecule has 12 heteroatoms. The van der Waals surface area contributed by atoms with Crippen LogP contribution < -0.4 is 5.69 Å². The summed E-state index contributed by atoms with van der Waals surface area (Å²) < 4.78 is 33.4. The van der Waals surface area contributed by atoms with Crippen LogP contribution in [0.25, 0.3) is 0 Å². The number of aromatic nitrogens is 4. The standard InChI is InChI=1S/C27H48N4O3S5/c1-7-28-18-22(35)30(24(28)32)20-26(3,4)12-9-14-38(33)16-11-17-39(34)15-10-13-27(5,6)21-31-23(36)19-29(8-2)25(31)37/h18-19,35-36H,7-17,20-21H2,1-6H3. The molecule has 2 heterocycles. The minimum atomic E-state index is -0.914. The maximum Gasteiger partial charge on any atom is 0.329 e. The number of imidazole rings is 2. The van der Waals surface area contributed by atoms with E-state index in [0.29, 0.717) is 41.1 Å². The van der Waals surface area contributed by atoms with Gasteiger partial charge in [-0.25, -0.2) is 4.79 Å². The van der Waals surface area contributed by atoms with Crippen LogP contribution in [0.1, 0.15) is 73.6 Å². The molecule has 0 aliphatic heterocycles. The molecule has 224 valence electrons. The molecule has 39 heavy (non-hydrogen) atoms. The molecule has 2 unspecified atom stereocenters. The fourth-order valence-corrected chi connectivity index (χ4v) is 8.28. The van der Waals surface area contributed by atoms with Crippen molar-refractivity contribution in [2.45, 2.75) is 110 Å². The van der Waals surface area contributed by atoms with Gasteiger partial charge in [0.2, 0.25) is 0 Å². The molecule has 0 N–H and O–H groups in total. The summed E-state index contributed by atoms with van der Waals surface area (Å²) >= 11 is 14.6. The van der Waals surface area contributed by atoms with Crippen LogP contribution in [0.15, 0.2) is 27.2 Å². The van der Waals surface area contributed by atoms with E-state index in [1.165, 1.54) is 0 Å². The van der Waals surface area contributed by atoms with Gasteiger partial charge in [-0.15, -0.1) is 25.3 Å². The first-order valence-electron chi connectivity index (χ1n) is 13.9. The fourth-order valence-electron chi connectivity index (χ4n) is 4.81. The van der Waals surface area contributed by atoms with Gasteiger partial charge in [0.25, 0.3) is 0 Å². The van der Waals surface area contributed by atoms with E-state index < -0.39 is 21.6 Å². The molecule has 0 spiro atoms. The van der Waals surface area contributed by atoms with E-state index in [0.717, 1.165) is 55.0 Å². The molecular formula is C27H48N4O3S5. The molecule has 0 aliphatic rings. The van der Waals surface area contributed by atoms with Crippen molar-refractivity contribution in [1.82, 2.24) is 18.3 Å². The average molecular weight is 637 g/mol. The van der Waals surface area contributed by atoms with E-state index in [4.69, 9.17) is 12.2 Å². The van der Waals surface area contributed by atoms with Gasteiger partial charge < -0.3 is 9.13 Å². The Bertz CT molecular complexity index is 1140. The van der Waals surface area contributed by atoms with Crippen LogP contribution in [-0.4, -0.2) is 49.7 Å². The fraction of sp³-hybridized carbons (Fsp3) is 0.778. The number of thiol groups is 2. The minimum Gasteiger partial charge on any atom is -0.323 e. The van der Waals surface area contributed by atoms with Crippen molar-refractivity contribution in [1.29, 1.82) is 0 Å². The summed E-state index contributed by atoms with van der Waals surface area (Å²) in [5, 5.41) is 1.56. The highest BCUT2D eigenvalue weighted by molar-refractivity contribution is 7.85. The summed E-state index contributed by atoms with van der Waals surface area (Å²) in [4.78, 5) is 12.5. The van der Waals surface area contributed by atoms with Crippen LogP contribution >= 0.6 is 37.5 Å². The molecule has 0 bridgehead atoms. The van der Waals surface area contributed by atoms with E-state index in [-0.39, 0.29) is 16.5 Å². The SMILES string of the molecule is CCn1cc(S)n(CC(C)(C)CCCS(=O)CCCS(=O)CCCC(C)(C)Cn2c(S)cn(CC)c2=S)c1=O. The number of aryl methyl sites for hydroxylation is 2. The van der Waals surface area contributed by atoms with Crippen molar-refractivity contribution in [2.75, 3.05) is 23.0 Å². The third kappa shape index (κ3) is 11.0. The van der Waals surface area contributed by atoms with Crippen molar-refractivity contribution < 1.29 is 8.42 Å². The molecule has 2 aromatic heterocycles. The van der Waals surface area contributed by atoms with Crippen molar-refractivity contribution >= 4 is 59.1 Å². The van der Waals surface area contributed by atoms with Gasteiger partial charge >= 0.3 is 5.69 Å². The van der Waals surface area contributed by atoms with Gasteiger partial charge in [0, 0.05) is 83.2 Å². The summed E-state index contributed by atoms with van der Waals surface area (Å²) in [6, 6.07) is 0. The lowest BCUT2D eigenvalue weighted by atomic mass is 9.88. The van der Waals surface area contributed by atoms with Crippen LogP contribution in [0.3, 0.4) is 0 Å². The molecule has 0 aromatic carbocycles. The largest absolute Gasteiger partial charge is 0.329 e. The zero-order valence-corrected chi connectivity index (χ0v) is 28.7. The van der Waals surface area contributed by atoms with Crippen LogP contribution in [0.5, 0.6) is 0 Å². The first-order valence-corrected chi connectivity index (χ1v) is 18.2. The third-order valence-corrected chi connectivity index (χ3v) is 11.2. The third-order valence-electron chi connectivity index (χ3n) is 7.10. The maximum absolute atomic E-state index is 12.6. The second kappa shape index (κ2) is 15.6.